The molecule has 1 aliphatic heterocycles. The van der Waals surface area contributed by atoms with E-state index in [1.165, 1.54) is 16.7 Å². The monoisotopic (exact) mass is 278 g/mol. The molecule has 1 saturated carbocycles. The maximum Gasteiger partial charge on any atom is 0.317 e. The SMILES string of the molecule is CC(C)=C[C@@]12C(=O)OC[C@@]13C=CC(c1ccccc1)=C[C@@H]23. The van der Waals surface area contributed by atoms with Crippen LogP contribution in [0, 0.1) is 16.7 Å². The van der Waals surface area contributed by atoms with Crippen molar-refractivity contribution >= 4 is 11.5 Å². The average Bonchev–Trinajstić information content (AvgIpc) is 2.96. The molecular weight excluding hydrogens is 260 g/mol. The van der Waals surface area contributed by atoms with Gasteiger partial charge in [0.05, 0.1) is 5.41 Å². The molecule has 0 unspecified atom stereocenters. The Labute approximate surface area is 124 Å². The van der Waals surface area contributed by atoms with Crippen LogP contribution in [0.4, 0.5) is 0 Å². The Kier molecular flexibility index (Phi) is 2.39. The molecule has 2 nitrogen and oxygen atoms in total. The summed E-state index contributed by atoms with van der Waals surface area (Å²) in [4.78, 5) is 12.3. The van der Waals surface area contributed by atoms with E-state index < -0.39 is 5.41 Å². The molecule has 21 heavy (non-hydrogen) atoms. The van der Waals surface area contributed by atoms with Gasteiger partial charge < -0.3 is 4.74 Å². The molecule has 3 atom stereocenters. The van der Waals surface area contributed by atoms with Crippen molar-refractivity contribution in [1.82, 2.24) is 0 Å². The van der Waals surface area contributed by atoms with Gasteiger partial charge in [0.25, 0.3) is 0 Å². The molecule has 1 aromatic carbocycles. The summed E-state index contributed by atoms with van der Waals surface area (Å²) in [6, 6.07) is 10.3. The third kappa shape index (κ3) is 1.45. The molecule has 0 N–H and O–H groups in total. The molecule has 0 bridgehead atoms. The third-order valence-electron chi connectivity index (χ3n) is 5.04. The first kappa shape index (κ1) is 12.6. The van der Waals surface area contributed by atoms with Gasteiger partial charge in [-0.3, -0.25) is 4.79 Å². The first-order valence-electron chi connectivity index (χ1n) is 7.40. The second kappa shape index (κ2) is 3.97. The molecule has 1 spiro atoms. The molecule has 2 heteroatoms. The number of hydrogen-bond donors (Lipinski definition) is 0. The number of hydrogen-bond acceptors (Lipinski definition) is 2. The van der Waals surface area contributed by atoms with Gasteiger partial charge in [-0.1, -0.05) is 60.2 Å². The van der Waals surface area contributed by atoms with Gasteiger partial charge in [-0.05, 0) is 25.0 Å². The number of cyclic esters (lactones) is 1. The molecule has 0 radical (unpaired) electrons. The molecule has 106 valence electrons. The van der Waals surface area contributed by atoms with Gasteiger partial charge in [-0.15, -0.1) is 0 Å². The Hall–Kier alpha value is -2.09. The van der Waals surface area contributed by atoms with Crippen molar-refractivity contribution in [2.75, 3.05) is 6.61 Å². The highest BCUT2D eigenvalue weighted by Crippen LogP contribution is 2.77. The van der Waals surface area contributed by atoms with Gasteiger partial charge in [0, 0.05) is 5.92 Å². The lowest BCUT2D eigenvalue weighted by Crippen LogP contribution is -2.15. The minimum Gasteiger partial charge on any atom is -0.464 e. The summed E-state index contributed by atoms with van der Waals surface area (Å²) < 4.78 is 5.36. The molecule has 1 aromatic rings. The summed E-state index contributed by atoms with van der Waals surface area (Å²) in [6.45, 7) is 4.60. The first-order chi connectivity index (χ1) is 10.1. The van der Waals surface area contributed by atoms with Crippen LogP contribution in [-0.2, 0) is 9.53 Å². The van der Waals surface area contributed by atoms with Gasteiger partial charge in [0.1, 0.15) is 12.0 Å². The molecule has 2 aliphatic carbocycles. The van der Waals surface area contributed by atoms with Crippen molar-refractivity contribution in [2.24, 2.45) is 16.7 Å². The molecule has 1 heterocycles. The largest absolute Gasteiger partial charge is 0.464 e. The van der Waals surface area contributed by atoms with Crippen LogP contribution in [0.3, 0.4) is 0 Å². The molecule has 2 fully saturated rings. The number of ether oxygens (including phenoxy) is 1. The van der Waals surface area contributed by atoms with Crippen LogP contribution >= 0.6 is 0 Å². The van der Waals surface area contributed by atoms with E-state index in [0.29, 0.717) is 6.61 Å². The van der Waals surface area contributed by atoms with Gasteiger partial charge in [-0.2, -0.15) is 0 Å². The van der Waals surface area contributed by atoms with E-state index in [1.807, 2.05) is 32.0 Å². The fourth-order valence-corrected chi connectivity index (χ4v) is 4.05. The van der Waals surface area contributed by atoms with Crippen LogP contribution in [0.5, 0.6) is 0 Å². The van der Waals surface area contributed by atoms with E-state index >= 15 is 0 Å². The van der Waals surface area contributed by atoms with Crippen LogP contribution in [0.2, 0.25) is 0 Å². The summed E-state index contributed by atoms with van der Waals surface area (Å²) in [7, 11) is 0. The van der Waals surface area contributed by atoms with Gasteiger partial charge in [-0.25, -0.2) is 0 Å². The number of allylic oxidation sites excluding steroid dienone is 4. The Bertz CT molecular complexity index is 706. The van der Waals surface area contributed by atoms with Crippen molar-refractivity contribution < 1.29 is 9.53 Å². The number of rotatable bonds is 2. The zero-order chi connectivity index (χ0) is 14.7. The van der Waals surface area contributed by atoms with Gasteiger partial charge in [0.15, 0.2) is 0 Å². The van der Waals surface area contributed by atoms with Crippen LogP contribution in [-0.4, -0.2) is 12.6 Å². The zero-order valence-corrected chi connectivity index (χ0v) is 12.3. The lowest BCUT2D eigenvalue weighted by Gasteiger charge is -2.13. The summed E-state index contributed by atoms with van der Waals surface area (Å²) in [5, 5.41) is 0. The fourth-order valence-electron chi connectivity index (χ4n) is 4.05. The van der Waals surface area contributed by atoms with Crippen LogP contribution < -0.4 is 0 Å². The second-order valence-electron chi connectivity index (χ2n) is 6.51. The predicted octanol–water partition coefficient (Wildman–Crippen LogP) is 3.77. The first-order valence-corrected chi connectivity index (χ1v) is 7.40. The van der Waals surface area contributed by atoms with Crippen molar-refractivity contribution in [3.05, 3.63) is 65.8 Å². The van der Waals surface area contributed by atoms with Crippen molar-refractivity contribution in [3.8, 4) is 0 Å². The van der Waals surface area contributed by atoms with E-state index in [4.69, 9.17) is 4.74 Å². The maximum absolute atomic E-state index is 12.3. The minimum atomic E-state index is -0.459. The molecule has 4 rings (SSSR count). The highest BCUT2D eigenvalue weighted by atomic mass is 16.5. The lowest BCUT2D eigenvalue weighted by molar-refractivity contribution is -0.144. The number of carbonyl (C=O) groups is 1. The van der Waals surface area contributed by atoms with E-state index in [2.05, 4.69) is 36.4 Å². The number of esters is 1. The maximum atomic E-state index is 12.3. The average molecular weight is 278 g/mol. The van der Waals surface area contributed by atoms with Crippen molar-refractivity contribution in [1.29, 1.82) is 0 Å². The lowest BCUT2D eigenvalue weighted by atomic mass is 9.91. The molecular formula is C19H18O2. The zero-order valence-electron chi connectivity index (χ0n) is 12.3. The summed E-state index contributed by atoms with van der Waals surface area (Å²) in [6.07, 6.45) is 8.72. The number of benzene rings is 1. The molecule has 0 aromatic heterocycles. The van der Waals surface area contributed by atoms with E-state index in [0.717, 1.165) is 0 Å². The van der Waals surface area contributed by atoms with E-state index in [1.54, 1.807) is 0 Å². The number of carbonyl (C=O) groups excluding carboxylic acids is 1. The molecule has 0 amide bonds. The summed E-state index contributed by atoms with van der Waals surface area (Å²) >= 11 is 0. The summed E-state index contributed by atoms with van der Waals surface area (Å²) in [5.41, 5.74) is 2.98. The minimum absolute atomic E-state index is 0.0658. The number of fused-ring (bicyclic) bond motifs is 1. The van der Waals surface area contributed by atoms with Crippen molar-refractivity contribution in [2.45, 2.75) is 13.8 Å². The fraction of sp³-hybridized carbons (Fsp3) is 0.316. The standard InChI is InChI=1S/C19H18O2/c1-13(2)11-19-16-10-15(14-6-4-3-5-7-14)8-9-18(16,19)12-21-17(19)20/h3-11,16H,12H2,1-2H3/t16-,18-,19-/m1/s1. The molecule has 3 aliphatic rings. The molecule has 1 saturated heterocycles. The highest BCUT2D eigenvalue weighted by molar-refractivity contribution is 5.93. The quantitative estimate of drug-likeness (QED) is 0.608. The topological polar surface area (TPSA) is 26.3 Å². The van der Waals surface area contributed by atoms with Crippen LogP contribution in [0.1, 0.15) is 19.4 Å². The smallest absolute Gasteiger partial charge is 0.317 e. The van der Waals surface area contributed by atoms with Crippen LogP contribution in [0.25, 0.3) is 5.57 Å². The van der Waals surface area contributed by atoms with Gasteiger partial charge >= 0.3 is 5.97 Å². The Morgan fingerprint density at radius 1 is 1.29 bits per heavy atom. The van der Waals surface area contributed by atoms with Crippen LogP contribution in [0.15, 0.2) is 60.2 Å². The van der Waals surface area contributed by atoms with Crippen molar-refractivity contribution in [3.63, 3.8) is 0 Å². The van der Waals surface area contributed by atoms with Gasteiger partial charge in [0.2, 0.25) is 0 Å². The predicted molar refractivity (Wildman–Crippen MR) is 82.3 cm³/mol. The normalized spacial score (nSPS) is 35.4. The highest BCUT2D eigenvalue weighted by Gasteiger charge is 2.82. The van der Waals surface area contributed by atoms with E-state index in [-0.39, 0.29) is 17.3 Å². The Balaban J connectivity index is 1.79. The van der Waals surface area contributed by atoms with E-state index in [9.17, 15) is 4.79 Å². The summed E-state index contributed by atoms with van der Waals surface area (Å²) in [5.74, 6) is 0.172. The Morgan fingerprint density at radius 3 is 2.76 bits per heavy atom. The third-order valence-corrected chi connectivity index (χ3v) is 5.04. The second-order valence-corrected chi connectivity index (χ2v) is 6.51. The Morgan fingerprint density at radius 2 is 2.05 bits per heavy atom.